The molecule has 3 heterocycles. The van der Waals surface area contributed by atoms with Crippen molar-refractivity contribution in [3.63, 3.8) is 0 Å². The van der Waals surface area contributed by atoms with Crippen LogP contribution in [0.25, 0.3) is 0 Å². The molecule has 0 radical (unpaired) electrons. The number of anilines is 1. The maximum atomic E-state index is 12.8. The van der Waals surface area contributed by atoms with Crippen LogP contribution in [0.4, 0.5) is 10.5 Å². The minimum Gasteiger partial charge on any atom is -0.369 e. The fourth-order valence-corrected chi connectivity index (χ4v) is 3.56. The Bertz CT molecular complexity index is 779. The van der Waals surface area contributed by atoms with Crippen molar-refractivity contribution >= 4 is 11.7 Å². The van der Waals surface area contributed by atoms with Gasteiger partial charge in [0.15, 0.2) is 0 Å². The van der Waals surface area contributed by atoms with Crippen LogP contribution in [0.1, 0.15) is 42.6 Å². The molecule has 3 rings (SSSR count). The van der Waals surface area contributed by atoms with Crippen molar-refractivity contribution in [1.82, 2.24) is 20.2 Å². The summed E-state index contributed by atoms with van der Waals surface area (Å²) in [6, 6.07) is 6.02. The molecular formula is C21H29N5O. The molecule has 1 aliphatic rings. The number of rotatable bonds is 4. The molecule has 0 spiro atoms. The number of aromatic nitrogens is 2. The molecule has 2 aromatic heterocycles. The van der Waals surface area contributed by atoms with E-state index in [9.17, 15) is 4.79 Å². The Labute approximate surface area is 161 Å². The monoisotopic (exact) mass is 367 g/mol. The van der Waals surface area contributed by atoms with Crippen molar-refractivity contribution in [2.75, 3.05) is 31.1 Å². The molecule has 1 aliphatic heterocycles. The Morgan fingerprint density at radius 3 is 2.78 bits per heavy atom. The first-order valence-electron chi connectivity index (χ1n) is 9.72. The van der Waals surface area contributed by atoms with Crippen LogP contribution >= 0.6 is 0 Å². The number of carbonyl (C=O) groups is 1. The van der Waals surface area contributed by atoms with Gasteiger partial charge in [-0.2, -0.15) is 0 Å². The number of hydrogen-bond acceptors (Lipinski definition) is 4. The summed E-state index contributed by atoms with van der Waals surface area (Å²) in [4.78, 5) is 25.7. The first kappa shape index (κ1) is 19.1. The highest BCUT2D eigenvalue weighted by Gasteiger charge is 2.22. The van der Waals surface area contributed by atoms with E-state index in [4.69, 9.17) is 0 Å². The summed E-state index contributed by atoms with van der Waals surface area (Å²) in [6.07, 6.45) is 7.30. The molecular weight excluding hydrogens is 338 g/mol. The van der Waals surface area contributed by atoms with E-state index in [0.29, 0.717) is 6.54 Å². The molecule has 0 saturated carbocycles. The van der Waals surface area contributed by atoms with Crippen LogP contribution in [-0.4, -0.2) is 47.1 Å². The highest BCUT2D eigenvalue weighted by Crippen LogP contribution is 2.20. The number of nitrogens with zero attached hydrogens (tertiary/aromatic N) is 4. The summed E-state index contributed by atoms with van der Waals surface area (Å²) in [7, 11) is 0. The number of pyridine rings is 2. The number of hydrogen-bond donors (Lipinski definition) is 1. The van der Waals surface area contributed by atoms with Crippen molar-refractivity contribution in [2.45, 2.75) is 39.7 Å². The molecule has 1 N–H and O–H groups in total. The predicted octanol–water partition coefficient (Wildman–Crippen LogP) is 3.47. The molecule has 0 aliphatic carbocycles. The largest absolute Gasteiger partial charge is 0.369 e. The first-order chi connectivity index (χ1) is 13.1. The van der Waals surface area contributed by atoms with E-state index in [2.05, 4.69) is 40.1 Å². The van der Waals surface area contributed by atoms with E-state index < -0.39 is 0 Å². The topological polar surface area (TPSA) is 61.4 Å². The van der Waals surface area contributed by atoms with Crippen molar-refractivity contribution in [1.29, 1.82) is 0 Å². The average molecular weight is 367 g/mol. The lowest BCUT2D eigenvalue weighted by molar-refractivity contribution is 0.196. The molecule has 27 heavy (non-hydrogen) atoms. The first-order valence-corrected chi connectivity index (χ1v) is 9.72. The molecule has 1 fully saturated rings. The Hall–Kier alpha value is -2.63. The van der Waals surface area contributed by atoms with Gasteiger partial charge in [-0.05, 0) is 56.0 Å². The third-order valence-electron chi connectivity index (χ3n) is 5.11. The number of amides is 2. The van der Waals surface area contributed by atoms with Crippen LogP contribution in [0.2, 0.25) is 0 Å². The lowest BCUT2D eigenvalue weighted by atomic mass is 10.1. The summed E-state index contributed by atoms with van der Waals surface area (Å²) in [5.41, 5.74) is 4.47. The molecule has 2 amide bonds. The molecule has 1 unspecified atom stereocenters. The zero-order valence-electron chi connectivity index (χ0n) is 16.5. The molecule has 0 aromatic carbocycles. The van der Waals surface area contributed by atoms with Gasteiger partial charge >= 0.3 is 6.03 Å². The normalized spacial score (nSPS) is 16.0. The van der Waals surface area contributed by atoms with Crippen LogP contribution in [0, 0.1) is 13.8 Å². The van der Waals surface area contributed by atoms with Gasteiger partial charge in [-0.1, -0.05) is 6.92 Å². The molecule has 0 bridgehead atoms. The van der Waals surface area contributed by atoms with Crippen LogP contribution in [0.15, 0.2) is 36.8 Å². The quantitative estimate of drug-likeness (QED) is 0.899. The summed E-state index contributed by atoms with van der Waals surface area (Å²) >= 11 is 0. The van der Waals surface area contributed by atoms with E-state index >= 15 is 0 Å². The van der Waals surface area contributed by atoms with Crippen LogP contribution in [0.5, 0.6) is 0 Å². The lowest BCUT2D eigenvalue weighted by Crippen LogP contribution is -2.43. The van der Waals surface area contributed by atoms with Gasteiger partial charge in [-0.15, -0.1) is 0 Å². The minimum absolute atomic E-state index is 0.00143. The number of aryl methyl sites for hydroxylation is 2. The van der Waals surface area contributed by atoms with E-state index in [-0.39, 0.29) is 12.1 Å². The average Bonchev–Trinajstić information content (AvgIpc) is 2.92. The second kappa shape index (κ2) is 8.84. The van der Waals surface area contributed by atoms with E-state index in [1.165, 1.54) is 11.3 Å². The standard InChI is InChI=1S/C21H29N5O/c1-4-18(19-14-16(2)6-9-23-19)24-21(27)26-11-5-10-25(12-13-26)20-7-8-22-15-17(20)3/h6-9,14-15,18H,4-5,10-13H2,1-3H3,(H,24,27). The van der Waals surface area contributed by atoms with Gasteiger partial charge in [0.05, 0.1) is 11.7 Å². The van der Waals surface area contributed by atoms with Crippen LogP contribution in [0.3, 0.4) is 0 Å². The second-order valence-corrected chi connectivity index (χ2v) is 7.16. The van der Waals surface area contributed by atoms with Gasteiger partial charge in [0.1, 0.15) is 0 Å². The predicted molar refractivity (Wildman–Crippen MR) is 108 cm³/mol. The highest BCUT2D eigenvalue weighted by atomic mass is 16.2. The van der Waals surface area contributed by atoms with Gasteiger partial charge in [0.2, 0.25) is 0 Å². The maximum absolute atomic E-state index is 12.8. The molecule has 1 saturated heterocycles. The summed E-state index contributed by atoms with van der Waals surface area (Å²) < 4.78 is 0. The summed E-state index contributed by atoms with van der Waals surface area (Å²) in [5, 5.41) is 3.17. The zero-order chi connectivity index (χ0) is 19.2. The maximum Gasteiger partial charge on any atom is 0.317 e. The summed E-state index contributed by atoms with van der Waals surface area (Å²) in [6.45, 7) is 9.46. The highest BCUT2D eigenvalue weighted by molar-refractivity contribution is 5.75. The fourth-order valence-electron chi connectivity index (χ4n) is 3.56. The Morgan fingerprint density at radius 2 is 2.04 bits per heavy atom. The van der Waals surface area contributed by atoms with E-state index in [0.717, 1.165) is 43.7 Å². The SMILES string of the molecule is CCC(NC(=O)N1CCCN(c2ccncc2C)CC1)c1cc(C)ccn1. The van der Waals surface area contributed by atoms with Gasteiger partial charge in [0.25, 0.3) is 0 Å². The molecule has 6 nitrogen and oxygen atoms in total. The van der Waals surface area contributed by atoms with Gasteiger partial charge in [-0.3, -0.25) is 9.97 Å². The third-order valence-corrected chi connectivity index (χ3v) is 5.11. The van der Waals surface area contributed by atoms with Gasteiger partial charge in [-0.25, -0.2) is 4.79 Å². The minimum atomic E-state index is -0.0563. The van der Waals surface area contributed by atoms with Crippen LogP contribution in [-0.2, 0) is 0 Å². The smallest absolute Gasteiger partial charge is 0.317 e. The number of urea groups is 1. The van der Waals surface area contributed by atoms with Crippen molar-refractivity contribution in [3.05, 3.63) is 53.6 Å². The molecule has 1 atom stereocenters. The van der Waals surface area contributed by atoms with Gasteiger partial charge in [0, 0.05) is 50.5 Å². The Morgan fingerprint density at radius 1 is 1.19 bits per heavy atom. The van der Waals surface area contributed by atoms with Crippen LogP contribution < -0.4 is 10.2 Å². The lowest BCUT2D eigenvalue weighted by Gasteiger charge is -2.26. The van der Waals surface area contributed by atoms with E-state index in [1.54, 1.807) is 6.20 Å². The molecule has 6 heteroatoms. The molecule has 2 aromatic rings. The van der Waals surface area contributed by atoms with Crippen molar-refractivity contribution in [2.24, 2.45) is 0 Å². The summed E-state index contributed by atoms with van der Waals surface area (Å²) in [5.74, 6) is 0. The van der Waals surface area contributed by atoms with Crippen molar-refractivity contribution in [3.8, 4) is 0 Å². The third kappa shape index (κ3) is 4.76. The van der Waals surface area contributed by atoms with Crippen molar-refractivity contribution < 1.29 is 4.79 Å². The number of nitrogens with one attached hydrogen (secondary N) is 1. The van der Waals surface area contributed by atoms with E-state index in [1.807, 2.05) is 36.4 Å². The Balaban J connectivity index is 1.63. The van der Waals surface area contributed by atoms with Gasteiger partial charge < -0.3 is 15.1 Å². The second-order valence-electron chi connectivity index (χ2n) is 7.16. The molecule has 144 valence electrons. The zero-order valence-corrected chi connectivity index (χ0v) is 16.5. The Kier molecular flexibility index (Phi) is 6.27. The number of carbonyl (C=O) groups excluding carboxylic acids is 1. The fraction of sp³-hybridized carbons (Fsp3) is 0.476.